The number of benzene rings is 1. The molecule has 1 amide bonds. The van der Waals surface area contributed by atoms with Gasteiger partial charge in [0.05, 0.1) is 34.6 Å². The molecule has 1 heterocycles. The van der Waals surface area contributed by atoms with Gasteiger partial charge in [0.25, 0.3) is 5.91 Å². The van der Waals surface area contributed by atoms with Crippen molar-refractivity contribution in [2.24, 2.45) is 17.1 Å². The molecule has 3 N–H and O–H groups in total. The lowest BCUT2D eigenvalue weighted by Crippen LogP contribution is -2.29. The standard InChI is InChI=1S/C27H34N4O6/c1-15-25-22(13-27(3,4)14-23(25)33)31(30-15)19-9-10-20(26(28)35)21(12-19)29-18-7-5-17(6-8-18)11-24(34)37-36-16(2)32/h9-10,12,17-18,29H,5-8,11,13-14H2,1-4H3,(H2,28,35)/t17-,18-. The summed E-state index contributed by atoms with van der Waals surface area (Å²) in [4.78, 5) is 56.5. The van der Waals surface area contributed by atoms with Crippen LogP contribution in [0.4, 0.5) is 5.69 Å². The van der Waals surface area contributed by atoms with Crippen LogP contribution in [0, 0.1) is 18.3 Å². The summed E-state index contributed by atoms with van der Waals surface area (Å²) in [5.41, 5.74) is 9.54. The van der Waals surface area contributed by atoms with Gasteiger partial charge in [-0.1, -0.05) is 13.8 Å². The SMILES string of the molecule is CC(=O)OOC(=O)C[C@H]1CC[C@H](Nc2cc(-n3nc(C)c4c3CC(C)(C)CC4=O)ccc2C(N)=O)CC1. The first-order valence-electron chi connectivity index (χ1n) is 12.6. The number of ketones is 1. The number of amides is 1. The van der Waals surface area contributed by atoms with Crippen LogP contribution in [-0.2, 0) is 25.8 Å². The number of nitrogens with zero attached hydrogens (tertiary/aromatic N) is 2. The molecule has 198 valence electrons. The van der Waals surface area contributed by atoms with Gasteiger partial charge in [-0.05, 0) is 68.6 Å². The molecule has 1 aromatic heterocycles. The van der Waals surface area contributed by atoms with Crippen molar-refractivity contribution in [2.45, 2.75) is 78.7 Å². The van der Waals surface area contributed by atoms with Gasteiger partial charge in [-0.3, -0.25) is 9.59 Å². The molecule has 0 unspecified atom stereocenters. The first-order chi connectivity index (χ1) is 17.4. The summed E-state index contributed by atoms with van der Waals surface area (Å²) in [5.74, 6) is -1.53. The predicted octanol–water partition coefficient (Wildman–Crippen LogP) is 3.82. The second-order valence-corrected chi connectivity index (χ2v) is 11.0. The summed E-state index contributed by atoms with van der Waals surface area (Å²) in [6.45, 7) is 7.18. The van der Waals surface area contributed by atoms with Crippen LogP contribution in [-0.4, -0.2) is 39.5 Å². The van der Waals surface area contributed by atoms with Gasteiger partial charge in [-0.2, -0.15) is 5.10 Å². The monoisotopic (exact) mass is 510 g/mol. The summed E-state index contributed by atoms with van der Waals surface area (Å²) in [5, 5.41) is 8.15. The van der Waals surface area contributed by atoms with E-state index in [0.29, 0.717) is 28.9 Å². The predicted molar refractivity (Wildman–Crippen MR) is 135 cm³/mol. The van der Waals surface area contributed by atoms with E-state index in [1.54, 1.807) is 12.1 Å². The van der Waals surface area contributed by atoms with Crippen molar-refractivity contribution in [3.05, 3.63) is 40.7 Å². The van der Waals surface area contributed by atoms with Gasteiger partial charge in [-0.25, -0.2) is 24.0 Å². The van der Waals surface area contributed by atoms with Crippen LogP contribution >= 0.6 is 0 Å². The third-order valence-corrected chi connectivity index (χ3v) is 7.15. The quantitative estimate of drug-likeness (QED) is 0.441. The van der Waals surface area contributed by atoms with E-state index in [1.165, 1.54) is 6.92 Å². The third kappa shape index (κ3) is 6.00. The molecule has 2 aliphatic carbocycles. The Morgan fingerprint density at radius 1 is 1.14 bits per heavy atom. The molecule has 1 saturated carbocycles. The Morgan fingerprint density at radius 3 is 2.49 bits per heavy atom. The van der Waals surface area contributed by atoms with Crippen LogP contribution in [0.1, 0.15) is 91.4 Å². The van der Waals surface area contributed by atoms with Crippen molar-refractivity contribution in [1.29, 1.82) is 0 Å². The minimum atomic E-state index is -0.671. The van der Waals surface area contributed by atoms with Gasteiger partial charge in [0.2, 0.25) is 0 Å². The van der Waals surface area contributed by atoms with Crippen molar-refractivity contribution in [1.82, 2.24) is 9.78 Å². The molecule has 37 heavy (non-hydrogen) atoms. The number of nitrogens with one attached hydrogen (secondary N) is 1. The fraction of sp³-hybridized carbons (Fsp3) is 0.519. The molecule has 2 aromatic rings. The fourth-order valence-electron chi connectivity index (χ4n) is 5.46. The Balaban J connectivity index is 1.51. The molecule has 0 atom stereocenters. The lowest BCUT2D eigenvalue weighted by molar-refractivity contribution is -0.258. The number of rotatable bonds is 6. The number of hydrogen-bond donors (Lipinski definition) is 2. The number of aromatic nitrogens is 2. The summed E-state index contributed by atoms with van der Waals surface area (Å²) >= 11 is 0. The van der Waals surface area contributed by atoms with E-state index < -0.39 is 17.8 Å². The van der Waals surface area contributed by atoms with Crippen LogP contribution in [0.25, 0.3) is 5.69 Å². The van der Waals surface area contributed by atoms with E-state index >= 15 is 0 Å². The number of carbonyl (C=O) groups excluding carboxylic acids is 4. The highest BCUT2D eigenvalue weighted by Crippen LogP contribution is 2.37. The Morgan fingerprint density at radius 2 is 1.84 bits per heavy atom. The number of primary amides is 1. The summed E-state index contributed by atoms with van der Waals surface area (Å²) in [7, 11) is 0. The lowest BCUT2D eigenvalue weighted by Gasteiger charge is -2.30. The van der Waals surface area contributed by atoms with E-state index in [1.807, 2.05) is 17.7 Å². The zero-order valence-electron chi connectivity index (χ0n) is 21.8. The van der Waals surface area contributed by atoms with Crippen molar-refractivity contribution >= 4 is 29.3 Å². The van der Waals surface area contributed by atoms with Gasteiger partial charge in [-0.15, -0.1) is 0 Å². The van der Waals surface area contributed by atoms with E-state index in [-0.39, 0.29) is 29.6 Å². The fourth-order valence-corrected chi connectivity index (χ4v) is 5.46. The minimum absolute atomic E-state index is 0.0860. The van der Waals surface area contributed by atoms with Crippen molar-refractivity contribution in [3.8, 4) is 5.69 Å². The third-order valence-electron chi connectivity index (χ3n) is 7.15. The number of hydrogen-bond acceptors (Lipinski definition) is 8. The molecule has 4 rings (SSSR count). The van der Waals surface area contributed by atoms with E-state index in [0.717, 1.165) is 43.5 Å². The maximum absolute atomic E-state index is 12.8. The summed E-state index contributed by atoms with van der Waals surface area (Å²) in [6, 6.07) is 5.44. The topological polar surface area (TPSA) is 143 Å². The highest BCUT2D eigenvalue weighted by Gasteiger charge is 2.36. The molecule has 10 heteroatoms. The van der Waals surface area contributed by atoms with Gasteiger partial charge in [0.15, 0.2) is 5.78 Å². The van der Waals surface area contributed by atoms with Crippen molar-refractivity contribution < 1.29 is 29.0 Å². The van der Waals surface area contributed by atoms with Gasteiger partial charge >= 0.3 is 11.9 Å². The Kier molecular flexibility index (Phi) is 7.38. The van der Waals surface area contributed by atoms with Crippen LogP contribution < -0.4 is 11.1 Å². The van der Waals surface area contributed by atoms with Crippen LogP contribution in [0.3, 0.4) is 0 Å². The van der Waals surface area contributed by atoms with Gasteiger partial charge < -0.3 is 11.1 Å². The summed E-state index contributed by atoms with van der Waals surface area (Å²) < 4.78 is 1.81. The Bertz CT molecular complexity index is 1240. The first-order valence-corrected chi connectivity index (χ1v) is 12.6. The zero-order valence-corrected chi connectivity index (χ0v) is 21.8. The molecule has 0 radical (unpaired) electrons. The second kappa shape index (κ2) is 10.4. The van der Waals surface area contributed by atoms with Crippen LogP contribution in [0.5, 0.6) is 0 Å². The molecule has 0 spiro atoms. The normalized spacial score (nSPS) is 20.6. The molecule has 10 nitrogen and oxygen atoms in total. The number of nitrogens with two attached hydrogens (primary N) is 1. The number of anilines is 1. The van der Waals surface area contributed by atoms with Crippen LogP contribution in [0.2, 0.25) is 0 Å². The van der Waals surface area contributed by atoms with Crippen molar-refractivity contribution in [3.63, 3.8) is 0 Å². The van der Waals surface area contributed by atoms with E-state index in [2.05, 4.69) is 34.0 Å². The number of Topliss-reactive ketones (excluding diaryl/α,β-unsaturated/α-hetero) is 1. The van der Waals surface area contributed by atoms with Gasteiger partial charge in [0.1, 0.15) is 0 Å². The molecular weight excluding hydrogens is 476 g/mol. The number of aryl methyl sites for hydroxylation is 1. The minimum Gasteiger partial charge on any atom is -0.382 e. The molecule has 0 saturated heterocycles. The number of carbonyl (C=O) groups is 4. The Labute approximate surface area is 215 Å². The average Bonchev–Trinajstić information content (AvgIpc) is 3.14. The zero-order chi connectivity index (χ0) is 26.9. The Hall–Kier alpha value is -3.69. The molecule has 0 aliphatic heterocycles. The lowest BCUT2D eigenvalue weighted by atomic mass is 9.75. The summed E-state index contributed by atoms with van der Waals surface area (Å²) in [6.07, 6.45) is 4.52. The molecular formula is C27H34N4O6. The van der Waals surface area contributed by atoms with E-state index in [4.69, 9.17) is 5.73 Å². The first kappa shape index (κ1) is 26.4. The smallest absolute Gasteiger partial charge is 0.355 e. The van der Waals surface area contributed by atoms with E-state index in [9.17, 15) is 19.2 Å². The maximum Gasteiger partial charge on any atom is 0.355 e. The molecule has 2 aliphatic rings. The largest absolute Gasteiger partial charge is 0.382 e. The molecule has 1 fully saturated rings. The van der Waals surface area contributed by atoms with Crippen molar-refractivity contribution in [2.75, 3.05) is 5.32 Å². The highest BCUT2D eigenvalue weighted by atomic mass is 17.2. The molecule has 1 aromatic carbocycles. The highest BCUT2D eigenvalue weighted by molar-refractivity contribution is 6.00. The molecule has 0 bridgehead atoms. The second-order valence-electron chi connectivity index (χ2n) is 11.0. The number of fused-ring (bicyclic) bond motifs is 1. The maximum atomic E-state index is 12.8. The van der Waals surface area contributed by atoms with Gasteiger partial charge in [0, 0.05) is 25.1 Å². The average molecular weight is 511 g/mol. The van der Waals surface area contributed by atoms with Crippen LogP contribution in [0.15, 0.2) is 18.2 Å².